The van der Waals surface area contributed by atoms with E-state index in [9.17, 15) is 5.26 Å². The van der Waals surface area contributed by atoms with E-state index in [0.29, 0.717) is 23.0 Å². The van der Waals surface area contributed by atoms with Gasteiger partial charge in [-0.05, 0) is 22.5 Å². The quantitative estimate of drug-likeness (QED) is 0.706. The third-order valence-electron chi connectivity index (χ3n) is 4.99. The summed E-state index contributed by atoms with van der Waals surface area (Å²) in [5, 5.41) is 11.8. The Balaban J connectivity index is 2.05. The highest BCUT2D eigenvalue weighted by Crippen LogP contribution is 2.45. The monoisotopic (exact) mass is 371 g/mol. The second-order valence-corrected chi connectivity index (χ2v) is 6.56. The predicted molar refractivity (Wildman–Crippen MR) is 109 cm³/mol. The Labute approximate surface area is 163 Å². The minimum atomic E-state index is -0.425. The summed E-state index contributed by atoms with van der Waals surface area (Å²) >= 11 is 0. The summed E-state index contributed by atoms with van der Waals surface area (Å²) in [6, 6.07) is 14.0. The lowest BCUT2D eigenvalue weighted by molar-refractivity contribution is 0.356. The van der Waals surface area contributed by atoms with Gasteiger partial charge in [-0.25, -0.2) is 4.98 Å². The molecule has 2 N–H and O–H groups in total. The summed E-state index contributed by atoms with van der Waals surface area (Å²) in [7, 11) is 5.13. The van der Waals surface area contributed by atoms with Gasteiger partial charge >= 0.3 is 0 Å². The molecule has 1 unspecified atom stereocenters. The first-order chi connectivity index (χ1) is 13.6. The molecule has 138 valence electrons. The number of hydrogen-bond donors (Lipinski definition) is 1. The molecule has 0 bridgehead atoms. The molecule has 0 amide bonds. The Morgan fingerprint density at radius 3 is 2.71 bits per heavy atom. The number of nitrogens with zero attached hydrogens (tertiary/aromatic N) is 2. The van der Waals surface area contributed by atoms with Crippen LogP contribution >= 0.6 is 0 Å². The number of nitrogens with two attached hydrogens (primary N) is 1. The fraction of sp³-hybridized carbons (Fsp3) is 0.143. The van der Waals surface area contributed by atoms with Crippen LogP contribution in [0.3, 0.4) is 0 Å². The van der Waals surface area contributed by atoms with Crippen LogP contribution < -0.4 is 25.4 Å². The van der Waals surface area contributed by atoms with Gasteiger partial charge in [0.15, 0.2) is 11.5 Å². The maximum Gasteiger partial charge on any atom is 0.226 e. The first kappa shape index (κ1) is 17.7. The van der Waals surface area contributed by atoms with Crippen LogP contribution in [0.5, 0.6) is 17.4 Å². The van der Waals surface area contributed by atoms with E-state index >= 15 is 0 Å². The van der Waals surface area contributed by atoms with Crippen molar-refractivity contribution >= 4 is 24.1 Å². The van der Waals surface area contributed by atoms with Crippen LogP contribution in [-0.2, 0) is 0 Å². The summed E-state index contributed by atoms with van der Waals surface area (Å²) in [5.74, 6) is 1.30. The van der Waals surface area contributed by atoms with Crippen LogP contribution in [0, 0.1) is 11.3 Å². The van der Waals surface area contributed by atoms with Crippen molar-refractivity contribution in [2.75, 3.05) is 14.2 Å². The number of pyridine rings is 1. The molecule has 4 rings (SSSR count). The van der Waals surface area contributed by atoms with Gasteiger partial charge in [0.1, 0.15) is 19.5 Å². The van der Waals surface area contributed by atoms with E-state index in [-0.39, 0.29) is 5.88 Å². The molecular weight excluding hydrogens is 353 g/mol. The molecule has 0 fully saturated rings. The Hall–Kier alpha value is -3.66. The molecule has 3 aromatic rings. The third kappa shape index (κ3) is 2.62. The molecule has 0 aliphatic carbocycles. The van der Waals surface area contributed by atoms with Crippen molar-refractivity contribution in [1.29, 1.82) is 5.26 Å². The van der Waals surface area contributed by atoms with Crippen LogP contribution in [0.15, 0.2) is 54.1 Å². The second-order valence-electron chi connectivity index (χ2n) is 6.56. The molecule has 7 heteroatoms. The van der Waals surface area contributed by atoms with Gasteiger partial charge in [0.2, 0.25) is 11.8 Å². The van der Waals surface area contributed by atoms with Crippen molar-refractivity contribution in [2.45, 2.75) is 5.92 Å². The van der Waals surface area contributed by atoms with Crippen molar-refractivity contribution in [3.8, 4) is 23.4 Å². The molecule has 0 spiro atoms. The Bertz CT molecular complexity index is 1170. The van der Waals surface area contributed by atoms with Crippen LogP contribution in [0.4, 0.5) is 0 Å². The lowest BCUT2D eigenvalue weighted by atomic mass is 9.80. The number of nitriles is 1. The summed E-state index contributed by atoms with van der Waals surface area (Å²) < 4.78 is 16.7. The predicted octanol–water partition coefficient (Wildman–Crippen LogP) is 1.73. The van der Waals surface area contributed by atoms with Gasteiger partial charge in [0.25, 0.3) is 0 Å². The number of methoxy groups -OCH3 is 2. The molecule has 0 saturated heterocycles. The fourth-order valence-corrected chi connectivity index (χ4v) is 3.78. The van der Waals surface area contributed by atoms with Crippen molar-refractivity contribution in [3.05, 3.63) is 65.2 Å². The first-order valence-corrected chi connectivity index (χ1v) is 8.76. The smallest absolute Gasteiger partial charge is 0.226 e. The van der Waals surface area contributed by atoms with E-state index in [1.807, 2.05) is 44.2 Å². The minimum Gasteiger partial charge on any atom is -0.493 e. The van der Waals surface area contributed by atoms with Gasteiger partial charge < -0.3 is 19.9 Å². The van der Waals surface area contributed by atoms with E-state index in [2.05, 4.69) is 11.1 Å². The molecule has 1 atom stereocenters. The molecular formula is C21H18BN3O3. The Morgan fingerprint density at radius 2 is 2.00 bits per heavy atom. The van der Waals surface area contributed by atoms with Crippen LogP contribution in [-0.4, -0.2) is 27.0 Å². The van der Waals surface area contributed by atoms with Crippen LogP contribution in [0.2, 0.25) is 0 Å². The number of allylic oxidation sites excluding steroid dienone is 1. The molecule has 1 aliphatic heterocycles. The van der Waals surface area contributed by atoms with Crippen molar-refractivity contribution in [2.24, 2.45) is 5.73 Å². The topological polar surface area (TPSA) is 90.4 Å². The minimum absolute atomic E-state index is 0.0650. The highest BCUT2D eigenvalue weighted by atomic mass is 16.5. The van der Waals surface area contributed by atoms with E-state index in [1.54, 1.807) is 20.4 Å². The van der Waals surface area contributed by atoms with E-state index in [0.717, 1.165) is 27.4 Å². The van der Waals surface area contributed by atoms with E-state index in [4.69, 9.17) is 19.9 Å². The van der Waals surface area contributed by atoms with Gasteiger partial charge in [0.05, 0.1) is 20.1 Å². The van der Waals surface area contributed by atoms with Crippen molar-refractivity contribution < 1.29 is 14.2 Å². The van der Waals surface area contributed by atoms with E-state index < -0.39 is 5.92 Å². The first-order valence-electron chi connectivity index (χ1n) is 8.76. The highest BCUT2D eigenvalue weighted by Gasteiger charge is 2.34. The molecule has 2 heterocycles. The van der Waals surface area contributed by atoms with Gasteiger partial charge in [-0.1, -0.05) is 30.3 Å². The number of hydrogen-bond acceptors (Lipinski definition) is 6. The molecule has 2 aromatic carbocycles. The standard InChI is InChI=1S/C21H18BN3O3/c1-26-16-8-12(7-15(22)19(16)27-2)17-14(9-23)20(24)28-21-18(17)13-6-4-3-5-11(13)10-25-21/h3-8,10,17H,22,24H2,1-2H3. The average molecular weight is 371 g/mol. The molecule has 0 radical (unpaired) electrons. The Kier molecular flexibility index (Phi) is 4.32. The number of benzene rings is 2. The zero-order valence-electron chi connectivity index (χ0n) is 15.8. The lowest BCUT2D eigenvalue weighted by Crippen LogP contribution is -2.23. The maximum atomic E-state index is 9.84. The van der Waals surface area contributed by atoms with E-state index in [1.165, 1.54) is 0 Å². The normalized spacial score (nSPS) is 15.5. The zero-order chi connectivity index (χ0) is 19.8. The molecule has 6 nitrogen and oxygen atoms in total. The van der Waals surface area contributed by atoms with Gasteiger partial charge in [-0.3, -0.25) is 0 Å². The Morgan fingerprint density at radius 1 is 1.21 bits per heavy atom. The molecule has 0 saturated carbocycles. The molecule has 1 aromatic heterocycles. The van der Waals surface area contributed by atoms with Crippen molar-refractivity contribution in [1.82, 2.24) is 4.98 Å². The summed E-state index contributed by atoms with van der Waals surface area (Å²) in [6.07, 6.45) is 1.75. The van der Waals surface area contributed by atoms with Crippen molar-refractivity contribution in [3.63, 3.8) is 0 Å². The lowest BCUT2D eigenvalue weighted by Gasteiger charge is -2.27. The summed E-state index contributed by atoms with van der Waals surface area (Å²) in [5.41, 5.74) is 9.00. The fourth-order valence-electron chi connectivity index (χ4n) is 3.78. The number of aromatic nitrogens is 1. The third-order valence-corrected chi connectivity index (χ3v) is 4.99. The number of ether oxygens (including phenoxy) is 3. The van der Waals surface area contributed by atoms with Gasteiger partial charge in [-0.2, -0.15) is 5.26 Å². The average Bonchev–Trinajstić information content (AvgIpc) is 2.71. The summed E-state index contributed by atoms with van der Waals surface area (Å²) in [6.45, 7) is 0. The number of fused-ring (bicyclic) bond motifs is 3. The molecule has 1 aliphatic rings. The van der Waals surface area contributed by atoms with Gasteiger partial charge in [-0.15, -0.1) is 0 Å². The summed E-state index contributed by atoms with van der Waals surface area (Å²) in [4.78, 5) is 4.44. The molecule has 28 heavy (non-hydrogen) atoms. The zero-order valence-corrected chi connectivity index (χ0v) is 15.8. The van der Waals surface area contributed by atoms with Gasteiger partial charge in [0, 0.05) is 17.1 Å². The van der Waals surface area contributed by atoms with Crippen LogP contribution in [0.1, 0.15) is 17.0 Å². The largest absolute Gasteiger partial charge is 0.493 e. The highest BCUT2D eigenvalue weighted by molar-refractivity contribution is 6.34. The van der Waals surface area contributed by atoms with Crippen LogP contribution in [0.25, 0.3) is 10.8 Å². The second kappa shape index (κ2) is 6.82. The SMILES string of the molecule is Bc1cc(C2C(C#N)=C(N)Oc3ncc4ccccc4c32)cc(OC)c1OC. The maximum absolute atomic E-state index is 9.84. The number of rotatable bonds is 3.